The van der Waals surface area contributed by atoms with E-state index in [9.17, 15) is 14.0 Å². The predicted octanol–water partition coefficient (Wildman–Crippen LogP) is 1.08. The van der Waals surface area contributed by atoms with Crippen LogP contribution >= 0.6 is 0 Å². The van der Waals surface area contributed by atoms with Crippen LogP contribution in [-0.2, 0) is 9.59 Å². The van der Waals surface area contributed by atoms with Gasteiger partial charge in [-0.1, -0.05) is 0 Å². The van der Waals surface area contributed by atoms with E-state index < -0.39 is 11.9 Å². The smallest absolute Gasteiger partial charge is 0.247 e. The minimum atomic E-state index is -0.654. The maximum absolute atomic E-state index is 13.8. The Labute approximate surface area is 110 Å². The van der Waals surface area contributed by atoms with E-state index in [-0.39, 0.29) is 24.1 Å². The second-order valence-electron chi connectivity index (χ2n) is 4.21. The van der Waals surface area contributed by atoms with Gasteiger partial charge in [0.05, 0.1) is 13.2 Å². The summed E-state index contributed by atoms with van der Waals surface area (Å²) in [5.41, 5.74) is 0.355. The Balaban J connectivity index is 2.32. The third kappa shape index (κ3) is 2.52. The molecule has 1 aliphatic heterocycles. The third-order valence-electron chi connectivity index (χ3n) is 2.94. The van der Waals surface area contributed by atoms with E-state index in [0.29, 0.717) is 12.3 Å². The van der Waals surface area contributed by atoms with Crippen molar-refractivity contribution in [2.24, 2.45) is 0 Å². The van der Waals surface area contributed by atoms with Crippen molar-refractivity contribution in [2.75, 3.05) is 18.1 Å². The summed E-state index contributed by atoms with van der Waals surface area (Å²) in [7, 11) is 0. The zero-order chi connectivity index (χ0) is 14.0. The van der Waals surface area contributed by atoms with E-state index in [1.807, 2.05) is 0 Å². The number of rotatable bonds is 3. The Morgan fingerprint density at radius 2 is 2.21 bits per heavy atom. The summed E-state index contributed by atoms with van der Waals surface area (Å²) in [6.07, 6.45) is 0. The fourth-order valence-corrected chi connectivity index (χ4v) is 2.01. The van der Waals surface area contributed by atoms with E-state index in [1.54, 1.807) is 19.9 Å². The van der Waals surface area contributed by atoms with Gasteiger partial charge in [-0.2, -0.15) is 0 Å². The van der Waals surface area contributed by atoms with Gasteiger partial charge in [-0.3, -0.25) is 14.5 Å². The topological polar surface area (TPSA) is 58.6 Å². The van der Waals surface area contributed by atoms with Crippen molar-refractivity contribution in [1.82, 2.24) is 5.32 Å². The summed E-state index contributed by atoms with van der Waals surface area (Å²) in [5, 5.41) is 2.48. The standard InChI is InChI=1S/C13H15FN2O3/c1-3-19-11-5-4-9(6-10(11)14)16-8(2)13(18)15-7-12(16)17/h4-6,8H,3,7H2,1-2H3,(H,15,18). The zero-order valence-corrected chi connectivity index (χ0v) is 10.8. The highest BCUT2D eigenvalue weighted by Gasteiger charge is 2.32. The second-order valence-corrected chi connectivity index (χ2v) is 4.21. The van der Waals surface area contributed by atoms with Gasteiger partial charge in [0, 0.05) is 11.8 Å². The molecule has 1 fully saturated rings. The van der Waals surface area contributed by atoms with Crippen LogP contribution in [0.4, 0.5) is 10.1 Å². The van der Waals surface area contributed by atoms with Crippen LogP contribution in [0.25, 0.3) is 0 Å². The van der Waals surface area contributed by atoms with E-state index in [1.165, 1.54) is 17.0 Å². The van der Waals surface area contributed by atoms with Gasteiger partial charge < -0.3 is 10.1 Å². The number of halogens is 1. The number of amides is 2. The molecule has 2 rings (SSSR count). The van der Waals surface area contributed by atoms with Crippen LogP contribution in [-0.4, -0.2) is 31.0 Å². The van der Waals surface area contributed by atoms with Crippen molar-refractivity contribution >= 4 is 17.5 Å². The summed E-state index contributed by atoms with van der Waals surface area (Å²) in [6, 6.07) is 3.58. The van der Waals surface area contributed by atoms with Gasteiger partial charge in [0.15, 0.2) is 11.6 Å². The molecule has 1 aliphatic rings. The highest BCUT2D eigenvalue weighted by Crippen LogP contribution is 2.26. The van der Waals surface area contributed by atoms with Gasteiger partial charge in [-0.25, -0.2) is 4.39 Å². The molecule has 1 saturated heterocycles. The van der Waals surface area contributed by atoms with Crippen LogP contribution in [0.1, 0.15) is 13.8 Å². The number of carbonyl (C=O) groups is 2. The van der Waals surface area contributed by atoms with Crippen molar-refractivity contribution in [3.8, 4) is 5.75 Å². The molecule has 0 bridgehead atoms. The Morgan fingerprint density at radius 1 is 1.47 bits per heavy atom. The quantitative estimate of drug-likeness (QED) is 0.890. The predicted molar refractivity (Wildman–Crippen MR) is 67.5 cm³/mol. The molecule has 1 N–H and O–H groups in total. The van der Waals surface area contributed by atoms with Gasteiger partial charge in [0.2, 0.25) is 11.8 Å². The van der Waals surface area contributed by atoms with Crippen molar-refractivity contribution in [2.45, 2.75) is 19.9 Å². The average Bonchev–Trinajstić information content (AvgIpc) is 2.38. The SMILES string of the molecule is CCOc1ccc(N2C(=O)CNC(=O)C2C)cc1F. The zero-order valence-electron chi connectivity index (χ0n) is 10.8. The molecule has 0 aromatic heterocycles. The molecule has 5 nitrogen and oxygen atoms in total. The number of hydrogen-bond donors (Lipinski definition) is 1. The highest BCUT2D eigenvalue weighted by molar-refractivity contribution is 6.06. The van der Waals surface area contributed by atoms with Gasteiger partial charge in [0.25, 0.3) is 0 Å². The molecule has 0 spiro atoms. The number of piperazine rings is 1. The number of hydrogen-bond acceptors (Lipinski definition) is 3. The lowest BCUT2D eigenvalue weighted by molar-refractivity contribution is -0.130. The first kappa shape index (κ1) is 13.3. The monoisotopic (exact) mass is 266 g/mol. The normalized spacial score (nSPS) is 19.3. The Kier molecular flexibility index (Phi) is 3.69. The van der Waals surface area contributed by atoms with E-state index in [0.717, 1.165) is 0 Å². The van der Waals surface area contributed by atoms with Gasteiger partial charge in [-0.05, 0) is 26.0 Å². The number of nitrogens with zero attached hydrogens (tertiary/aromatic N) is 1. The summed E-state index contributed by atoms with van der Waals surface area (Å²) in [6.45, 7) is 3.64. The van der Waals surface area contributed by atoms with Crippen LogP contribution in [0, 0.1) is 5.82 Å². The van der Waals surface area contributed by atoms with Crippen LogP contribution in [0.3, 0.4) is 0 Å². The molecule has 0 saturated carbocycles. The van der Waals surface area contributed by atoms with Crippen LogP contribution in [0.5, 0.6) is 5.75 Å². The van der Waals surface area contributed by atoms with Gasteiger partial charge >= 0.3 is 0 Å². The molecule has 2 amide bonds. The number of carbonyl (C=O) groups excluding carboxylic acids is 2. The molecule has 6 heteroatoms. The van der Waals surface area contributed by atoms with E-state index in [4.69, 9.17) is 4.74 Å². The Hall–Kier alpha value is -2.11. The maximum Gasteiger partial charge on any atom is 0.247 e. The lowest BCUT2D eigenvalue weighted by atomic mass is 10.1. The molecule has 1 aromatic carbocycles. The largest absolute Gasteiger partial charge is 0.491 e. The first-order valence-electron chi connectivity index (χ1n) is 6.06. The summed E-state index contributed by atoms with van der Waals surface area (Å²) < 4.78 is 18.9. The highest BCUT2D eigenvalue weighted by atomic mass is 19.1. The first-order valence-corrected chi connectivity index (χ1v) is 6.06. The summed E-state index contributed by atoms with van der Waals surface area (Å²) in [4.78, 5) is 24.7. The van der Waals surface area contributed by atoms with Crippen LogP contribution in [0.2, 0.25) is 0 Å². The van der Waals surface area contributed by atoms with Gasteiger partial charge in [0.1, 0.15) is 6.04 Å². The maximum atomic E-state index is 13.8. The molecule has 1 unspecified atom stereocenters. The fraction of sp³-hybridized carbons (Fsp3) is 0.385. The summed E-state index contributed by atoms with van der Waals surface area (Å²) >= 11 is 0. The number of nitrogens with one attached hydrogen (secondary N) is 1. The second kappa shape index (κ2) is 5.26. The molecular formula is C13H15FN2O3. The minimum Gasteiger partial charge on any atom is -0.491 e. The van der Waals surface area contributed by atoms with Crippen molar-refractivity contribution in [1.29, 1.82) is 0 Å². The molecule has 0 radical (unpaired) electrons. The Morgan fingerprint density at radius 3 is 2.84 bits per heavy atom. The first-order chi connectivity index (χ1) is 9.04. The van der Waals surface area contributed by atoms with Crippen LogP contribution in [0.15, 0.2) is 18.2 Å². The average molecular weight is 266 g/mol. The lowest BCUT2D eigenvalue weighted by Crippen LogP contribution is -2.57. The molecule has 19 heavy (non-hydrogen) atoms. The van der Waals surface area contributed by atoms with Crippen molar-refractivity contribution in [3.63, 3.8) is 0 Å². The lowest BCUT2D eigenvalue weighted by Gasteiger charge is -2.32. The summed E-state index contributed by atoms with van der Waals surface area (Å²) in [5.74, 6) is -0.942. The van der Waals surface area contributed by atoms with Crippen LogP contribution < -0.4 is 15.0 Å². The molecule has 102 valence electrons. The number of anilines is 1. The number of benzene rings is 1. The minimum absolute atomic E-state index is 0.0714. The molecule has 1 heterocycles. The molecule has 0 aliphatic carbocycles. The van der Waals surface area contributed by atoms with Crippen molar-refractivity contribution in [3.05, 3.63) is 24.0 Å². The molecular weight excluding hydrogens is 251 g/mol. The van der Waals surface area contributed by atoms with Gasteiger partial charge in [-0.15, -0.1) is 0 Å². The Bertz CT molecular complexity index is 519. The van der Waals surface area contributed by atoms with Crippen molar-refractivity contribution < 1.29 is 18.7 Å². The molecule has 1 aromatic rings. The molecule has 1 atom stereocenters. The van der Waals surface area contributed by atoms with E-state index >= 15 is 0 Å². The van der Waals surface area contributed by atoms with E-state index in [2.05, 4.69) is 5.32 Å². The fourth-order valence-electron chi connectivity index (χ4n) is 2.01. The number of ether oxygens (including phenoxy) is 1. The third-order valence-corrected chi connectivity index (χ3v) is 2.94.